The summed E-state index contributed by atoms with van der Waals surface area (Å²) in [7, 11) is -2.78. The van der Waals surface area contributed by atoms with Gasteiger partial charge in [-0.25, -0.2) is 9.97 Å². The maximum Gasteiger partial charge on any atom is 0.207 e. The van der Waals surface area contributed by atoms with E-state index in [1.165, 1.54) is 18.2 Å². The minimum Gasteiger partial charge on any atom is -0.494 e. The maximum absolute atomic E-state index is 14.7. The van der Waals surface area contributed by atoms with Gasteiger partial charge in [0.25, 0.3) is 0 Å². The lowest BCUT2D eigenvalue weighted by Crippen LogP contribution is -2.28. The number of methoxy groups -OCH3 is 1. The first kappa shape index (κ1) is 18.7. The summed E-state index contributed by atoms with van der Waals surface area (Å²) < 4.78 is 54.3. The number of imidazole rings is 1. The summed E-state index contributed by atoms with van der Waals surface area (Å²) in [5.41, 5.74) is 8.28. The van der Waals surface area contributed by atoms with Gasteiger partial charge in [-0.05, 0) is 49.2 Å². The molecule has 1 saturated heterocycles. The topological polar surface area (TPSA) is 104 Å². The van der Waals surface area contributed by atoms with Crippen LogP contribution in [-0.4, -0.2) is 45.8 Å². The first-order valence-electron chi connectivity index (χ1n) is 12.3. The summed E-state index contributed by atoms with van der Waals surface area (Å²) in [6.07, 6.45) is 4.81. The fourth-order valence-corrected chi connectivity index (χ4v) is 4.19. The summed E-state index contributed by atoms with van der Waals surface area (Å²) in [6.45, 7) is 0.432. The van der Waals surface area contributed by atoms with Crippen LogP contribution < -0.4 is 15.2 Å². The Morgan fingerprint density at radius 1 is 1.24 bits per heavy atom. The molecule has 9 heteroatoms. The first-order valence-corrected chi connectivity index (χ1v) is 10.8. The normalized spacial score (nSPS) is 19.9. The van der Waals surface area contributed by atoms with Gasteiger partial charge < -0.3 is 25.1 Å². The second-order valence-electron chi connectivity index (χ2n) is 8.06. The Labute approximate surface area is 200 Å². The summed E-state index contributed by atoms with van der Waals surface area (Å²) in [5.74, 6) is -0.0228. The molecule has 3 N–H and O–H groups in total. The zero-order valence-corrected chi connectivity index (χ0v) is 18.1. The Bertz CT molecular complexity index is 1400. The minimum atomic E-state index is -2.78. The molecule has 1 aliphatic rings. The molecule has 2 aromatic heterocycles. The number of halogens is 1. The number of aliphatic hydroxyl groups is 1. The van der Waals surface area contributed by atoms with Gasteiger partial charge in [0.05, 0.1) is 30.5 Å². The van der Waals surface area contributed by atoms with Crippen LogP contribution in [0.25, 0.3) is 16.8 Å². The van der Waals surface area contributed by atoms with Crippen LogP contribution in [0.2, 0.25) is 0 Å². The van der Waals surface area contributed by atoms with Crippen molar-refractivity contribution in [1.29, 1.82) is 0 Å². The molecular weight excluding hydrogens is 439 g/mol. The van der Waals surface area contributed by atoms with Crippen molar-refractivity contribution in [1.82, 2.24) is 14.4 Å². The third kappa shape index (κ3) is 4.04. The smallest absolute Gasteiger partial charge is 0.207 e. The van der Waals surface area contributed by atoms with Crippen molar-refractivity contribution >= 4 is 11.3 Å². The third-order valence-corrected chi connectivity index (χ3v) is 5.94. The lowest BCUT2D eigenvalue weighted by Gasteiger charge is -2.27. The molecule has 5 rings (SSSR count). The van der Waals surface area contributed by atoms with Gasteiger partial charge in [0, 0.05) is 23.9 Å². The average molecular weight is 468 g/mol. The minimum absolute atomic E-state index is 0.00767. The van der Waals surface area contributed by atoms with E-state index in [-0.39, 0.29) is 24.4 Å². The molecule has 176 valence electrons. The molecule has 3 heterocycles. The highest BCUT2D eigenvalue weighted by atomic mass is 19.1. The Hall–Kier alpha value is -3.69. The fraction of sp³-hybridized carbons (Fsp3) is 0.280. The van der Waals surface area contributed by atoms with Crippen LogP contribution in [0, 0.1) is 5.82 Å². The zero-order chi connectivity index (χ0) is 26.2. The number of nitrogens with zero attached hydrogens (tertiary/aromatic N) is 3. The van der Waals surface area contributed by atoms with E-state index < -0.39 is 18.6 Å². The van der Waals surface area contributed by atoms with E-state index in [2.05, 4.69) is 4.98 Å². The summed E-state index contributed by atoms with van der Waals surface area (Å²) in [6, 6.07) is 10.9. The van der Waals surface area contributed by atoms with Crippen LogP contribution in [0.1, 0.15) is 28.7 Å². The lowest BCUT2D eigenvalue weighted by molar-refractivity contribution is -0.0282. The van der Waals surface area contributed by atoms with Crippen molar-refractivity contribution in [3.63, 3.8) is 0 Å². The number of hydrogen-bond donors (Lipinski definition) is 2. The molecule has 0 bridgehead atoms. The van der Waals surface area contributed by atoms with Crippen molar-refractivity contribution in [3.8, 4) is 28.5 Å². The van der Waals surface area contributed by atoms with Gasteiger partial charge >= 0.3 is 0 Å². The van der Waals surface area contributed by atoms with Crippen molar-refractivity contribution in [2.75, 3.05) is 26.0 Å². The molecule has 2 atom stereocenters. The summed E-state index contributed by atoms with van der Waals surface area (Å²) >= 11 is 0. The van der Waals surface area contributed by atoms with E-state index in [4.69, 9.17) is 29.0 Å². The number of fused-ring (bicyclic) bond motifs is 1. The predicted molar refractivity (Wildman–Crippen MR) is 125 cm³/mol. The average Bonchev–Trinajstić information content (AvgIpc) is 3.27. The molecule has 1 aliphatic heterocycles. The van der Waals surface area contributed by atoms with E-state index >= 15 is 0 Å². The maximum atomic E-state index is 14.7. The number of benzene rings is 2. The number of hydrogen-bond acceptors (Lipinski definition) is 7. The third-order valence-electron chi connectivity index (χ3n) is 5.94. The predicted octanol–water partition coefficient (Wildman–Crippen LogP) is 4.17. The standard InChI is InChI=1S/C25H25FN4O4/c1-32-19-3-2-4-20(21(19)26)34-17-8-5-15(6-9-17)22-23-24(27)28-11-12-30(23)25(29-22)16-7-10-18(13-31)33-14-16/h2-6,8-9,11-12,16,18,31H,7,10,13-14H2,1H3,(H2,27,28)/i1D3. The van der Waals surface area contributed by atoms with E-state index in [0.717, 1.165) is 24.2 Å². The van der Waals surface area contributed by atoms with Crippen LogP contribution in [0.4, 0.5) is 10.2 Å². The number of aromatic nitrogens is 3. The number of anilines is 1. The second kappa shape index (κ2) is 9.28. The van der Waals surface area contributed by atoms with E-state index in [1.54, 1.807) is 30.5 Å². The van der Waals surface area contributed by atoms with Gasteiger partial charge in [0.2, 0.25) is 5.82 Å². The molecule has 1 fully saturated rings. The molecule has 2 unspecified atom stereocenters. The number of nitrogen functional groups attached to an aromatic ring is 1. The van der Waals surface area contributed by atoms with Gasteiger partial charge in [-0.15, -0.1) is 0 Å². The van der Waals surface area contributed by atoms with E-state index in [1.807, 2.05) is 10.6 Å². The number of ether oxygens (including phenoxy) is 3. The van der Waals surface area contributed by atoms with Gasteiger partial charge in [-0.3, -0.25) is 4.40 Å². The fourth-order valence-electron chi connectivity index (χ4n) is 4.19. The van der Waals surface area contributed by atoms with Crippen LogP contribution >= 0.6 is 0 Å². The van der Waals surface area contributed by atoms with Crippen molar-refractivity contribution in [3.05, 3.63) is 66.5 Å². The highest BCUT2D eigenvalue weighted by Crippen LogP contribution is 2.36. The van der Waals surface area contributed by atoms with Gasteiger partial charge in [0.15, 0.2) is 11.5 Å². The monoisotopic (exact) mass is 467 g/mol. The second-order valence-corrected chi connectivity index (χ2v) is 8.06. The quantitative estimate of drug-likeness (QED) is 0.438. The van der Waals surface area contributed by atoms with Crippen molar-refractivity contribution in [2.24, 2.45) is 0 Å². The Morgan fingerprint density at radius 2 is 2.06 bits per heavy atom. The largest absolute Gasteiger partial charge is 0.494 e. The highest BCUT2D eigenvalue weighted by molar-refractivity contribution is 5.85. The number of aliphatic hydroxyl groups excluding tert-OH is 1. The van der Waals surface area contributed by atoms with Gasteiger partial charge in [0.1, 0.15) is 28.6 Å². The molecule has 8 nitrogen and oxygen atoms in total. The van der Waals surface area contributed by atoms with E-state index in [0.29, 0.717) is 29.4 Å². The molecule has 34 heavy (non-hydrogen) atoms. The molecule has 0 aliphatic carbocycles. The lowest BCUT2D eigenvalue weighted by atomic mass is 9.98. The first-order chi connectivity index (χ1) is 17.7. The highest BCUT2D eigenvalue weighted by Gasteiger charge is 2.27. The molecule has 0 radical (unpaired) electrons. The van der Waals surface area contributed by atoms with Crippen LogP contribution in [-0.2, 0) is 4.74 Å². The summed E-state index contributed by atoms with van der Waals surface area (Å²) in [5, 5.41) is 9.37. The van der Waals surface area contributed by atoms with Crippen molar-refractivity contribution < 1.29 is 27.8 Å². The Kier molecular flexibility index (Phi) is 5.11. The Balaban J connectivity index is 1.43. The summed E-state index contributed by atoms with van der Waals surface area (Å²) in [4.78, 5) is 9.13. The van der Waals surface area contributed by atoms with Gasteiger partial charge in [-0.2, -0.15) is 4.39 Å². The molecular formula is C25H25FN4O4. The SMILES string of the molecule is [2H]C([2H])([2H])Oc1cccc(Oc2ccc(-c3nc(C4CCC(CO)OC4)n4ccnc(N)c34)cc2)c1F. The Morgan fingerprint density at radius 3 is 2.79 bits per heavy atom. The molecule has 0 spiro atoms. The molecule has 4 aromatic rings. The zero-order valence-electron chi connectivity index (χ0n) is 21.1. The molecule has 0 amide bonds. The number of rotatable bonds is 6. The number of nitrogens with two attached hydrogens (primary N) is 1. The van der Waals surface area contributed by atoms with Gasteiger partial charge in [-0.1, -0.05) is 6.07 Å². The van der Waals surface area contributed by atoms with E-state index in [9.17, 15) is 9.50 Å². The molecule has 2 aromatic carbocycles. The van der Waals surface area contributed by atoms with Crippen LogP contribution in [0.5, 0.6) is 17.2 Å². The van der Waals surface area contributed by atoms with Crippen LogP contribution in [0.3, 0.4) is 0 Å². The molecule has 0 saturated carbocycles. The van der Waals surface area contributed by atoms with Crippen molar-refractivity contribution in [2.45, 2.75) is 24.9 Å². The van der Waals surface area contributed by atoms with Crippen LogP contribution in [0.15, 0.2) is 54.9 Å².